The predicted molar refractivity (Wildman–Crippen MR) is 74.3 cm³/mol. The van der Waals surface area contributed by atoms with Crippen molar-refractivity contribution in [3.05, 3.63) is 29.8 Å². The number of hydrogen-bond acceptors (Lipinski definition) is 1. The number of benzene rings is 1. The summed E-state index contributed by atoms with van der Waals surface area (Å²) in [7, 11) is 0. The van der Waals surface area contributed by atoms with Gasteiger partial charge < -0.3 is 4.74 Å². The average molecular weight is 224 g/mol. The molecule has 1 nitrogen and oxygen atoms in total. The zero-order chi connectivity index (χ0) is 13.0. The van der Waals surface area contributed by atoms with Crippen LogP contribution in [-0.2, 0) is 6.42 Å². The molecule has 1 unspecified atom stereocenters. The zero-order valence-electron chi connectivity index (χ0n) is 12.0. The van der Waals surface area contributed by atoms with Crippen LogP contribution in [0.15, 0.2) is 24.3 Å². The minimum absolute atomic E-state index is 0.373. The summed E-state index contributed by atoms with van der Waals surface area (Å²) >= 11 is 0. The summed E-state index contributed by atoms with van der Waals surface area (Å²) in [5.41, 5.74) is 1.34. The maximum Gasteiger partial charge on any atom is 0.123 e. The Morgan fingerprint density at radius 3 is 1.94 bits per heavy atom. The lowest BCUT2D eigenvalue weighted by molar-refractivity contribution is 0.254. The van der Waals surface area contributed by atoms with Crippen LogP contribution in [0.2, 0.25) is 0 Å². The quantitative estimate of drug-likeness (QED) is 0.596. The lowest BCUT2D eigenvalue weighted by Crippen LogP contribution is -2.05. The molecule has 1 heterocycles. The zero-order valence-corrected chi connectivity index (χ0v) is 12.0. The molecule has 1 aromatic carbocycles. The van der Waals surface area contributed by atoms with Crippen molar-refractivity contribution in [2.45, 2.75) is 61.0 Å². The van der Waals surface area contributed by atoms with Gasteiger partial charge in [0, 0.05) is 6.42 Å². The van der Waals surface area contributed by atoms with Crippen LogP contribution < -0.4 is 4.74 Å². The third kappa shape index (κ3) is 5.79. The van der Waals surface area contributed by atoms with Gasteiger partial charge in [0.05, 0.1) is 0 Å². The van der Waals surface area contributed by atoms with Crippen LogP contribution in [0, 0.1) is 0 Å². The van der Waals surface area contributed by atoms with E-state index in [1.807, 2.05) is 53.7 Å². The van der Waals surface area contributed by atoms with E-state index in [1.54, 1.807) is 0 Å². The van der Waals surface area contributed by atoms with Crippen molar-refractivity contribution in [3.8, 4) is 5.75 Å². The van der Waals surface area contributed by atoms with Crippen molar-refractivity contribution < 1.29 is 4.74 Å². The second-order valence-electron chi connectivity index (χ2n) is 2.74. The number of para-hydroxylation sites is 1. The Hall–Kier alpha value is -0.980. The van der Waals surface area contributed by atoms with Crippen LogP contribution in [-0.4, -0.2) is 6.10 Å². The monoisotopic (exact) mass is 224 g/mol. The number of hydrogen-bond donors (Lipinski definition) is 0. The third-order valence-electron chi connectivity index (χ3n) is 1.81. The van der Waals surface area contributed by atoms with Crippen LogP contribution in [0.25, 0.3) is 0 Å². The van der Waals surface area contributed by atoms with Gasteiger partial charge in [-0.15, -0.1) is 0 Å². The van der Waals surface area contributed by atoms with Gasteiger partial charge in [-0.1, -0.05) is 59.7 Å². The van der Waals surface area contributed by atoms with E-state index < -0.39 is 0 Å². The molecule has 1 aliphatic rings. The van der Waals surface area contributed by atoms with Gasteiger partial charge in [0.15, 0.2) is 0 Å². The van der Waals surface area contributed by atoms with Gasteiger partial charge in [-0.05, 0) is 18.6 Å². The largest absolute Gasteiger partial charge is 0.490 e. The molecular weight excluding hydrogens is 196 g/mol. The molecule has 0 fully saturated rings. The minimum Gasteiger partial charge on any atom is -0.490 e. The van der Waals surface area contributed by atoms with Crippen LogP contribution >= 0.6 is 0 Å². The fourth-order valence-corrected chi connectivity index (χ4v) is 1.36. The highest BCUT2D eigenvalue weighted by atomic mass is 16.5. The van der Waals surface area contributed by atoms with Crippen molar-refractivity contribution in [2.75, 3.05) is 0 Å². The van der Waals surface area contributed by atoms with Gasteiger partial charge >= 0.3 is 0 Å². The van der Waals surface area contributed by atoms with Gasteiger partial charge in [-0.2, -0.15) is 0 Å². The summed E-state index contributed by atoms with van der Waals surface area (Å²) in [6, 6.07) is 8.22. The Balaban J connectivity index is 0. The van der Waals surface area contributed by atoms with E-state index >= 15 is 0 Å². The number of fused-ring (bicyclic) bond motifs is 1. The van der Waals surface area contributed by atoms with Gasteiger partial charge in [0.1, 0.15) is 11.9 Å². The predicted octanol–water partition coefficient (Wildman–Crippen LogP) is 5.09. The smallest absolute Gasteiger partial charge is 0.123 e. The summed E-state index contributed by atoms with van der Waals surface area (Å²) in [5.74, 6) is 1.06. The molecule has 0 radical (unpaired) electrons. The molecule has 1 aliphatic heterocycles. The summed E-state index contributed by atoms with van der Waals surface area (Å²) in [4.78, 5) is 0. The van der Waals surface area contributed by atoms with Crippen LogP contribution in [0.1, 0.15) is 54.0 Å². The van der Waals surface area contributed by atoms with E-state index in [0.29, 0.717) is 6.10 Å². The van der Waals surface area contributed by atoms with E-state index in [-0.39, 0.29) is 0 Å². The maximum absolute atomic E-state index is 5.51. The van der Waals surface area contributed by atoms with Crippen molar-refractivity contribution in [1.82, 2.24) is 0 Å². The van der Waals surface area contributed by atoms with Crippen LogP contribution in [0.3, 0.4) is 0 Å². The molecule has 1 heteroatoms. The van der Waals surface area contributed by atoms with Crippen LogP contribution in [0.4, 0.5) is 0 Å². The molecule has 0 spiro atoms. The fourth-order valence-electron chi connectivity index (χ4n) is 1.36. The Labute approximate surface area is 102 Å². The highest BCUT2D eigenvalue weighted by Gasteiger charge is 2.16. The van der Waals surface area contributed by atoms with Crippen molar-refractivity contribution >= 4 is 0 Å². The standard InChI is InChI=1S/C9H10O.3C2H6/c1-7-6-8-4-2-3-5-9(8)10-7;3*1-2/h2-5,7H,6H2,1H3;3*1-2H3. The lowest BCUT2D eigenvalue weighted by atomic mass is 10.1. The molecule has 0 saturated carbocycles. The summed E-state index contributed by atoms with van der Waals surface area (Å²) < 4.78 is 5.51. The van der Waals surface area contributed by atoms with E-state index in [9.17, 15) is 0 Å². The first-order chi connectivity index (χ1) is 7.86. The highest BCUT2D eigenvalue weighted by molar-refractivity contribution is 5.36. The molecule has 0 amide bonds. The minimum atomic E-state index is 0.373. The van der Waals surface area contributed by atoms with Crippen molar-refractivity contribution in [3.63, 3.8) is 0 Å². The first kappa shape index (κ1) is 17.4. The molecular formula is C15H28O. The van der Waals surface area contributed by atoms with Crippen molar-refractivity contribution in [2.24, 2.45) is 0 Å². The second-order valence-corrected chi connectivity index (χ2v) is 2.74. The maximum atomic E-state index is 5.51. The molecule has 0 saturated heterocycles. The molecule has 0 N–H and O–H groups in total. The van der Waals surface area contributed by atoms with Gasteiger partial charge in [0.2, 0.25) is 0 Å². The molecule has 1 atom stereocenters. The number of ether oxygens (including phenoxy) is 1. The number of rotatable bonds is 0. The molecule has 0 aromatic heterocycles. The van der Waals surface area contributed by atoms with E-state index in [2.05, 4.69) is 19.1 Å². The normalized spacial score (nSPS) is 14.8. The first-order valence-electron chi connectivity index (χ1n) is 6.61. The average Bonchev–Trinajstić information content (AvgIpc) is 2.76. The Bertz CT molecular complexity index is 218. The van der Waals surface area contributed by atoms with E-state index in [0.717, 1.165) is 12.2 Å². The Morgan fingerprint density at radius 2 is 1.44 bits per heavy atom. The third-order valence-corrected chi connectivity index (χ3v) is 1.81. The van der Waals surface area contributed by atoms with E-state index in [4.69, 9.17) is 4.74 Å². The summed E-state index contributed by atoms with van der Waals surface area (Å²) in [6.07, 6.45) is 1.44. The summed E-state index contributed by atoms with van der Waals surface area (Å²) in [5, 5.41) is 0. The van der Waals surface area contributed by atoms with Crippen molar-refractivity contribution in [1.29, 1.82) is 0 Å². The molecule has 0 aliphatic carbocycles. The van der Waals surface area contributed by atoms with Gasteiger partial charge in [-0.3, -0.25) is 0 Å². The SMILES string of the molecule is CC.CC.CC.CC1Cc2ccccc2O1. The molecule has 2 rings (SSSR count). The van der Waals surface area contributed by atoms with Crippen LogP contribution in [0.5, 0.6) is 5.75 Å². The summed E-state index contributed by atoms with van der Waals surface area (Å²) in [6.45, 7) is 14.1. The van der Waals surface area contributed by atoms with Gasteiger partial charge in [-0.25, -0.2) is 0 Å². The second kappa shape index (κ2) is 12.1. The van der Waals surface area contributed by atoms with Gasteiger partial charge in [0.25, 0.3) is 0 Å². The molecule has 16 heavy (non-hydrogen) atoms. The Morgan fingerprint density at radius 1 is 0.938 bits per heavy atom. The van der Waals surface area contributed by atoms with E-state index in [1.165, 1.54) is 5.56 Å². The molecule has 1 aromatic rings. The Kier molecular flexibility index (Phi) is 13.2. The fraction of sp³-hybridized carbons (Fsp3) is 0.600. The molecule has 0 bridgehead atoms. The first-order valence-corrected chi connectivity index (χ1v) is 6.61. The highest BCUT2D eigenvalue weighted by Crippen LogP contribution is 2.27. The molecule has 94 valence electrons. The lowest BCUT2D eigenvalue weighted by Gasteiger charge is -2.00. The topological polar surface area (TPSA) is 9.23 Å².